The summed E-state index contributed by atoms with van der Waals surface area (Å²) in [6.07, 6.45) is 1.84. The molecule has 2 N–H and O–H groups in total. The van der Waals surface area contributed by atoms with Crippen LogP contribution in [0.1, 0.15) is 31.2 Å². The molecule has 1 aromatic carbocycles. The maximum Gasteiger partial charge on any atom is 0.306 e. The lowest BCUT2D eigenvalue weighted by Gasteiger charge is -2.50. The van der Waals surface area contributed by atoms with E-state index in [4.69, 9.17) is 9.84 Å². The number of ether oxygens (including phenoxy) is 1. The van der Waals surface area contributed by atoms with Gasteiger partial charge in [-0.1, -0.05) is 12.1 Å². The lowest BCUT2D eigenvalue weighted by Crippen LogP contribution is -2.56. The fourth-order valence-electron chi connectivity index (χ4n) is 3.59. The van der Waals surface area contributed by atoms with E-state index in [0.717, 1.165) is 6.07 Å². The SMILES string of the molecule is O=C(Cc1cccc(F)c1F)NC1CCOC2(C1)CC(C(=O)O)C2. The van der Waals surface area contributed by atoms with Crippen molar-refractivity contribution < 1.29 is 28.2 Å². The van der Waals surface area contributed by atoms with Crippen LogP contribution in [-0.2, 0) is 20.7 Å². The van der Waals surface area contributed by atoms with E-state index in [-0.39, 0.29) is 29.9 Å². The van der Waals surface area contributed by atoms with E-state index in [9.17, 15) is 18.4 Å². The zero-order chi connectivity index (χ0) is 17.3. The number of hydrogen-bond acceptors (Lipinski definition) is 3. The van der Waals surface area contributed by atoms with Crippen LogP contribution in [0.15, 0.2) is 18.2 Å². The normalized spacial score (nSPS) is 29.1. The number of halogens is 2. The van der Waals surface area contributed by atoms with Crippen LogP contribution in [0, 0.1) is 17.6 Å². The van der Waals surface area contributed by atoms with E-state index in [1.807, 2.05) is 0 Å². The molecule has 0 aromatic heterocycles. The Bertz CT molecular complexity index is 658. The van der Waals surface area contributed by atoms with Gasteiger partial charge < -0.3 is 15.2 Å². The van der Waals surface area contributed by atoms with E-state index in [2.05, 4.69) is 5.32 Å². The summed E-state index contributed by atoms with van der Waals surface area (Å²) in [7, 11) is 0. The molecule has 1 heterocycles. The Kier molecular flexibility index (Phi) is 4.54. The summed E-state index contributed by atoms with van der Waals surface area (Å²) < 4.78 is 32.5. The first-order chi connectivity index (χ1) is 11.4. The Balaban J connectivity index is 1.55. The Morgan fingerprint density at radius 3 is 2.75 bits per heavy atom. The van der Waals surface area contributed by atoms with Crippen molar-refractivity contribution >= 4 is 11.9 Å². The predicted octanol–water partition coefficient (Wildman–Crippen LogP) is 2.04. The molecule has 1 aromatic rings. The van der Waals surface area contributed by atoms with Gasteiger partial charge >= 0.3 is 5.97 Å². The van der Waals surface area contributed by atoms with Crippen molar-refractivity contribution in [1.29, 1.82) is 0 Å². The van der Waals surface area contributed by atoms with E-state index >= 15 is 0 Å². The van der Waals surface area contributed by atoms with Crippen LogP contribution >= 0.6 is 0 Å². The summed E-state index contributed by atoms with van der Waals surface area (Å²) in [5, 5.41) is 11.8. The molecular formula is C17H19F2NO4. The minimum atomic E-state index is -1.00. The minimum Gasteiger partial charge on any atom is -0.481 e. The number of nitrogens with one attached hydrogen (secondary N) is 1. The van der Waals surface area contributed by atoms with E-state index in [1.54, 1.807) is 0 Å². The molecule has 3 rings (SSSR count). The summed E-state index contributed by atoms with van der Waals surface area (Å²) in [5.41, 5.74) is -0.451. The number of hydrogen-bond donors (Lipinski definition) is 2. The Morgan fingerprint density at radius 2 is 2.04 bits per heavy atom. The maximum atomic E-state index is 13.6. The zero-order valence-electron chi connectivity index (χ0n) is 13.1. The monoisotopic (exact) mass is 339 g/mol. The molecule has 1 amide bonds. The first-order valence-electron chi connectivity index (χ1n) is 7.97. The standard InChI is InChI=1S/C17H19F2NO4/c18-13-3-1-2-10(15(13)19)6-14(21)20-12-4-5-24-17(9-12)7-11(8-17)16(22)23/h1-3,11-12H,4-9H2,(H,20,21)(H,22,23). The van der Waals surface area contributed by atoms with Gasteiger partial charge in [0.25, 0.3) is 0 Å². The molecule has 0 bridgehead atoms. The molecule has 1 aliphatic carbocycles. The van der Waals surface area contributed by atoms with Gasteiger partial charge in [0.2, 0.25) is 5.91 Å². The number of carbonyl (C=O) groups excluding carboxylic acids is 1. The summed E-state index contributed by atoms with van der Waals surface area (Å²) in [6.45, 7) is 0.450. The van der Waals surface area contributed by atoms with Crippen molar-refractivity contribution in [1.82, 2.24) is 5.32 Å². The third-order valence-electron chi connectivity index (χ3n) is 4.83. The highest BCUT2D eigenvalue weighted by Crippen LogP contribution is 2.46. The lowest BCUT2D eigenvalue weighted by molar-refractivity contribution is -0.182. The molecule has 7 heteroatoms. The van der Waals surface area contributed by atoms with Crippen LogP contribution in [0.2, 0.25) is 0 Å². The van der Waals surface area contributed by atoms with Crippen LogP contribution < -0.4 is 5.32 Å². The second-order valence-corrected chi connectivity index (χ2v) is 6.62. The van der Waals surface area contributed by atoms with Gasteiger partial charge in [0, 0.05) is 18.2 Å². The second kappa shape index (κ2) is 6.47. The molecule has 2 aliphatic rings. The number of carboxylic acid groups (broad SMARTS) is 1. The van der Waals surface area contributed by atoms with Crippen molar-refractivity contribution in [3.63, 3.8) is 0 Å². The van der Waals surface area contributed by atoms with Crippen LogP contribution in [0.25, 0.3) is 0 Å². The highest BCUT2D eigenvalue weighted by Gasteiger charge is 2.51. The van der Waals surface area contributed by atoms with Gasteiger partial charge in [-0.05, 0) is 31.7 Å². The van der Waals surface area contributed by atoms with Gasteiger partial charge in [0.1, 0.15) is 0 Å². The maximum absolute atomic E-state index is 13.6. The molecule has 1 saturated carbocycles. The van der Waals surface area contributed by atoms with Crippen LogP contribution in [0.5, 0.6) is 0 Å². The summed E-state index contributed by atoms with van der Waals surface area (Å²) in [5.74, 6) is -3.56. The molecule has 1 spiro atoms. The van der Waals surface area contributed by atoms with Crippen molar-refractivity contribution in [3.05, 3.63) is 35.4 Å². The fourth-order valence-corrected chi connectivity index (χ4v) is 3.59. The average Bonchev–Trinajstić information content (AvgIpc) is 2.49. The largest absolute Gasteiger partial charge is 0.481 e. The summed E-state index contributed by atoms with van der Waals surface area (Å²) in [6, 6.07) is 3.62. The van der Waals surface area contributed by atoms with Crippen molar-refractivity contribution in [2.75, 3.05) is 6.61 Å². The van der Waals surface area contributed by atoms with Crippen LogP contribution in [0.4, 0.5) is 8.78 Å². The van der Waals surface area contributed by atoms with E-state index in [0.29, 0.717) is 32.3 Å². The van der Waals surface area contributed by atoms with Crippen LogP contribution in [0.3, 0.4) is 0 Å². The van der Waals surface area contributed by atoms with Crippen molar-refractivity contribution in [2.45, 2.75) is 43.7 Å². The fraction of sp³-hybridized carbons (Fsp3) is 0.529. The Labute approximate surface area is 138 Å². The predicted molar refractivity (Wildman–Crippen MR) is 80.3 cm³/mol. The van der Waals surface area contributed by atoms with Gasteiger partial charge in [-0.2, -0.15) is 0 Å². The minimum absolute atomic E-state index is 0.0175. The quantitative estimate of drug-likeness (QED) is 0.880. The molecule has 1 aliphatic heterocycles. The highest BCUT2D eigenvalue weighted by atomic mass is 19.2. The number of amides is 1. The molecule has 1 saturated heterocycles. The first kappa shape index (κ1) is 16.8. The number of carbonyl (C=O) groups is 2. The Hall–Kier alpha value is -2.02. The molecule has 5 nitrogen and oxygen atoms in total. The number of rotatable bonds is 4. The van der Waals surface area contributed by atoms with Crippen molar-refractivity contribution in [2.24, 2.45) is 5.92 Å². The number of carboxylic acids is 1. The van der Waals surface area contributed by atoms with E-state index < -0.39 is 23.2 Å². The first-order valence-corrected chi connectivity index (χ1v) is 7.97. The van der Waals surface area contributed by atoms with Gasteiger partial charge in [-0.3, -0.25) is 9.59 Å². The molecule has 130 valence electrons. The molecule has 24 heavy (non-hydrogen) atoms. The highest BCUT2D eigenvalue weighted by molar-refractivity contribution is 5.79. The zero-order valence-corrected chi connectivity index (χ0v) is 13.1. The second-order valence-electron chi connectivity index (χ2n) is 6.62. The topological polar surface area (TPSA) is 75.6 Å². The molecule has 1 atom stereocenters. The van der Waals surface area contributed by atoms with Gasteiger partial charge in [0.15, 0.2) is 11.6 Å². The van der Waals surface area contributed by atoms with Crippen LogP contribution in [-0.4, -0.2) is 35.2 Å². The number of benzene rings is 1. The van der Waals surface area contributed by atoms with Gasteiger partial charge in [-0.25, -0.2) is 8.78 Å². The summed E-state index contributed by atoms with van der Waals surface area (Å²) >= 11 is 0. The van der Waals surface area contributed by atoms with Crippen molar-refractivity contribution in [3.8, 4) is 0 Å². The smallest absolute Gasteiger partial charge is 0.306 e. The Morgan fingerprint density at radius 1 is 1.29 bits per heavy atom. The van der Waals surface area contributed by atoms with Gasteiger partial charge in [0.05, 0.1) is 17.9 Å². The number of aliphatic carboxylic acids is 1. The molecule has 0 radical (unpaired) electrons. The molecular weight excluding hydrogens is 320 g/mol. The molecule has 2 fully saturated rings. The average molecular weight is 339 g/mol. The van der Waals surface area contributed by atoms with Gasteiger partial charge in [-0.15, -0.1) is 0 Å². The summed E-state index contributed by atoms with van der Waals surface area (Å²) in [4.78, 5) is 23.0. The third kappa shape index (κ3) is 3.40. The molecule has 1 unspecified atom stereocenters. The lowest BCUT2D eigenvalue weighted by atomic mass is 9.66. The van der Waals surface area contributed by atoms with E-state index in [1.165, 1.54) is 12.1 Å². The third-order valence-corrected chi connectivity index (χ3v) is 4.83.